The molecule has 30 heavy (non-hydrogen) atoms. The Labute approximate surface area is 194 Å². The van der Waals surface area contributed by atoms with Gasteiger partial charge in [0.1, 0.15) is 39.1 Å². The van der Waals surface area contributed by atoms with Crippen LogP contribution in [0, 0.1) is 0 Å². The second-order valence-corrected chi connectivity index (χ2v) is 8.74. The fourth-order valence-electron chi connectivity index (χ4n) is 2.74. The van der Waals surface area contributed by atoms with Crippen molar-refractivity contribution in [1.82, 2.24) is 15.0 Å². The standard InChI is InChI=1S/C21H16Br2N4O2S/c1-28-13-4-2-12(3-5-13)11-29-14-8-16(26-18(22)9-14)20-19(23)15(24)10-17(27-20)21-25-6-7-30-21/h2-10H,11H2,1H3,(H2,24,27). The molecule has 0 aliphatic carbocycles. The van der Waals surface area contributed by atoms with Crippen LogP contribution in [0.5, 0.6) is 11.5 Å². The van der Waals surface area contributed by atoms with Gasteiger partial charge in [-0.05, 0) is 55.6 Å². The van der Waals surface area contributed by atoms with Crippen LogP contribution >= 0.6 is 43.2 Å². The van der Waals surface area contributed by atoms with E-state index in [1.807, 2.05) is 41.8 Å². The van der Waals surface area contributed by atoms with Crippen molar-refractivity contribution in [3.63, 3.8) is 0 Å². The number of hydrogen-bond acceptors (Lipinski definition) is 7. The third-order valence-corrected chi connectivity index (χ3v) is 6.25. The first kappa shape index (κ1) is 20.8. The summed E-state index contributed by atoms with van der Waals surface area (Å²) < 4.78 is 12.5. The number of benzene rings is 1. The van der Waals surface area contributed by atoms with Gasteiger partial charge in [0.25, 0.3) is 0 Å². The molecule has 1 aromatic carbocycles. The molecule has 0 aliphatic heterocycles. The Morgan fingerprint density at radius 3 is 2.50 bits per heavy atom. The Bertz CT molecular complexity index is 1170. The summed E-state index contributed by atoms with van der Waals surface area (Å²) >= 11 is 8.51. The molecule has 3 heterocycles. The minimum atomic E-state index is 0.412. The van der Waals surface area contributed by atoms with Crippen molar-refractivity contribution in [3.8, 4) is 33.6 Å². The lowest BCUT2D eigenvalue weighted by Gasteiger charge is -2.12. The van der Waals surface area contributed by atoms with Crippen LogP contribution < -0.4 is 15.2 Å². The number of aromatic nitrogens is 3. The Morgan fingerprint density at radius 1 is 1.00 bits per heavy atom. The molecule has 0 aliphatic rings. The minimum absolute atomic E-state index is 0.412. The number of halogens is 2. The lowest BCUT2D eigenvalue weighted by Crippen LogP contribution is -2.00. The molecular formula is C21H16Br2N4O2S. The van der Waals surface area contributed by atoms with Crippen molar-refractivity contribution in [2.75, 3.05) is 12.8 Å². The summed E-state index contributed by atoms with van der Waals surface area (Å²) in [4.78, 5) is 13.6. The number of hydrogen-bond donors (Lipinski definition) is 1. The third kappa shape index (κ3) is 4.63. The molecule has 2 N–H and O–H groups in total. The predicted molar refractivity (Wildman–Crippen MR) is 126 cm³/mol. The van der Waals surface area contributed by atoms with E-state index in [0.717, 1.165) is 16.3 Å². The van der Waals surface area contributed by atoms with Crippen molar-refractivity contribution in [1.29, 1.82) is 0 Å². The number of ether oxygens (including phenoxy) is 2. The summed E-state index contributed by atoms with van der Waals surface area (Å²) in [6.45, 7) is 0.412. The van der Waals surface area contributed by atoms with Crippen LogP contribution in [0.3, 0.4) is 0 Å². The Balaban J connectivity index is 1.64. The molecule has 0 bridgehead atoms. The van der Waals surface area contributed by atoms with Gasteiger partial charge < -0.3 is 15.2 Å². The maximum Gasteiger partial charge on any atom is 0.141 e. The number of thiazole rings is 1. The first-order valence-electron chi connectivity index (χ1n) is 8.83. The fourth-order valence-corrected chi connectivity index (χ4v) is 4.17. The highest BCUT2D eigenvalue weighted by molar-refractivity contribution is 9.11. The van der Waals surface area contributed by atoms with E-state index in [1.54, 1.807) is 19.4 Å². The third-order valence-electron chi connectivity index (χ3n) is 4.21. The normalized spacial score (nSPS) is 10.8. The van der Waals surface area contributed by atoms with E-state index in [0.29, 0.717) is 44.2 Å². The summed E-state index contributed by atoms with van der Waals surface area (Å²) in [7, 11) is 1.64. The van der Waals surface area contributed by atoms with E-state index in [2.05, 4.69) is 41.8 Å². The first-order valence-corrected chi connectivity index (χ1v) is 11.3. The maximum absolute atomic E-state index is 6.21. The second kappa shape index (κ2) is 9.11. The number of pyridine rings is 2. The largest absolute Gasteiger partial charge is 0.497 e. The van der Waals surface area contributed by atoms with E-state index >= 15 is 0 Å². The maximum atomic E-state index is 6.21. The van der Waals surface area contributed by atoms with Gasteiger partial charge >= 0.3 is 0 Å². The summed E-state index contributed by atoms with van der Waals surface area (Å²) in [5.74, 6) is 1.47. The van der Waals surface area contributed by atoms with Gasteiger partial charge in [-0.2, -0.15) is 0 Å². The zero-order valence-electron chi connectivity index (χ0n) is 15.8. The SMILES string of the molecule is COc1ccc(COc2cc(Br)nc(-c3nc(-c4nccs4)cc(N)c3Br)c2)cc1. The van der Waals surface area contributed by atoms with Crippen molar-refractivity contribution >= 4 is 48.9 Å². The van der Waals surface area contributed by atoms with Crippen molar-refractivity contribution in [2.24, 2.45) is 0 Å². The van der Waals surface area contributed by atoms with E-state index in [1.165, 1.54) is 11.3 Å². The number of anilines is 1. The Kier molecular flexibility index (Phi) is 6.31. The van der Waals surface area contributed by atoms with E-state index in [-0.39, 0.29) is 0 Å². The van der Waals surface area contributed by atoms with Crippen LogP contribution in [-0.4, -0.2) is 22.1 Å². The summed E-state index contributed by atoms with van der Waals surface area (Å²) in [5.41, 5.74) is 9.75. The molecule has 4 aromatic rings. The molecule has 0 atom stereocenters. The van der Waals surface area contributed by atoms with Crippen LogP contribution in [-0.2, 0) is 6.61 Å². The van der Waals surface area contributed by atoms with E-state index in [4.69, 9.17) is 20.2 Å². The molecule has 0 amide bonds. The average molecular weight is 548 g/mol. The fraction of sp³-hybridized carbons (Fsp3) is 0.0952. The average Bonchev–Trinajstić information content (AvgIpc) is 3.29. The Hall–Kier alpha value is -2.49. The Morgan fingerprint density at radius 2 is 1.80 bits per heavy atom. The van der Waals surface area contributed by atoms with Crippen molar-refractivity contribution < 1.29 is 9.47 Å². The molecule has 3 aromatic heterocycles. The van der Waals surface area contributed by atoms with Crippen LogP contribution in [0.1, 0.15) is 5.56 Å². The molecule has 0 radical (unpaired) electrons. The zero-order chi connectivity index (χ0) is 21.1. The van der Waals surface area contributed by atoms with Gasteiger partial charge in [-0.15, -0.1) is 11.3 Å². The van der Waals surface area contributed by atoms with E-state index < -0.39 is 0 Å². The molecule has 152 valence electrons. The molecule has 0 spiro atoms. The molecule has 0 unspecified atom stereocenters. The molecule has 9 heteroatoms. The quantitative estimate of drug-likeness (QED) is 0.300. The van der Waals surface area contributed by atoms with Crippen LogP contribution in [0.25, 0.3) is 22.1 Å². The zero-order valence-corrected chi connectivity index (χ0v) is 19.8. The smallest absolute Gasteiger partial charge is 0.141 e. The molecule has 4 rings (SSSR count). The lowest BCUT2D eigenvalue weighted by molar-refractivity contribution is 0.305. The highest BCUT2D eigenvalue weighted by Gasteiger charge is 2.16. The monoisotopic (exact) mass is 546 g/mol. The molecule has 0 saturated heterocycles. The van der Waals surface area contributed by atoms with Gasteiger partial charge in [-0.1, -0.05) is 12.1 Å². The van der Waals surface area contributed by atoms with Gasteiger partial charge in [0.05, 0.1) is 23.0 Å². The van der Waals surface area contributed by atoms with Crippen LogP contribution in [0.15, 0.2) is 63.1 Å². The van der Waals surface area contributed by atoms with Gasteiger partial charge in [-0.3, -0.25) is 0 Å². The van der Waals surface area contributed by atoms with Crippen molar-refractivity contribution in [3.05, 3.63) is 68.7 Å². The van der Waals surface area contributed by atoms with Gasteiger partial charge in [0.2, 0.25) is 0 Å². The lowest BCUT2D eigenvalue weighted by atomic mass is 10.2. The topological polar surface area (TPSA) is 83.2 Å². The highest BCUT2D eigenvalue weighted by Crippen LogP contribution is 2.36. The molecular weight excluding hydrogens is 532 g/mol. The first-order chi connectivity index (χ1) is 14.5. The number of methoxy groups -OCH3 is 1. The molecule has 0 saturated carbocycles. The summed E-state index contributed by atoms with van der Waals surface area (Å²) in [5, 5.41) is 2.69. The predicted octanol–water partition coefficient (Wildman–Crippen LogP) is 5.96. The number of nitrogens with zero attached hydrogens (tertiary/aromatic N) is 3. The van der Waals surface area contributed by atoms with Gasteiger partial charge in [-0.25, -0.2) is 15.0 Å². The molecule has 0 fully saturated rings. The van der Waals surface area contributed by atoms with E-state index in [9.17, 15) is 0 Å². The van der Waals surface area contributed by atoms with Gasteiger partial charge in [0.15, 0.2) is 0 Å². The number of nitrogens with two attached hydrogens (primary N) is 1. The summed E-state index contributed by atoms with van der Waals surface area (Å²) in [6, 6.07) is 13.2. The molecule has 6 nitrogen and oxygen atoms in total. The number of rotatable bonds is 6. The van der Waals surface area contributed by atoms with Crippen LogP contribution in [0.2, 0.25) is 0 Å². The minimum Gasteiger partial charge on any atom is -0.497 e. The van der Waals surface area contributed by atoms with Crippen LogP contribution in [0.4, 0.5) is 5.69 Å². The second-order valence-electron chi connectivity index (χ2n) is 6.24. The van der Waals surface area contributed by atoms with Crippen molar-refractivity contribution in [2.45, 2.75) is 6.61 Å². The van der Waals surface area contributed by atoms with Gasteiger partial charge in [0, 0.05) is 23.7 Å². The summed E-state index contributed by atoms with van der Waals surface area (Å²) in [6.07, 6.45) is 1.74. The highest BCUT2D eigenvalue weighted by atomic mass is 79.9. The number of nitrogen functional groups attached to an aromatic ring is 1.